The summed E-state index contributed by atoms with van der Waals surface area (Å²) in [5.74, 6) is -0.571. The number of carbonyl (C=O) groups excluding carboxylic acids is 2. The van der Waals surface area contributed by atoms with Crippen LogP contribution in [0.4, 0.5) is 0 Å². The second-order valence-electron chi connectivity index (χ2n) is 8.45. The van der Waals surface area contributed by atoms with Crippen LogP contribution >= 0.6 is 0 Å². The molecule has 0 saturated heterocycles. The normalized spacial score (nSPS) is 11.8. The molecule has 0 radical (unpaired) electrons. The Morgan fingerprint density at radius 3 is 2.61 bits per heavy atom. The minimum Gasteiger partial charge on any atom is -0.351 e. The van der Waals surface area contributed by atoms with Crippen molar-refractivity contribution in [3.8, 4) is 11.1 Å². The highest BCUT2D eigenvalue weighted by atomic mass is 16.2. The van der Waals surface area contributed by atoms with E-state index in [0.29, 0.717) is 18.7 Å². The topological polar surface area (TPSA) is 88.9 Å². The van der Waals surface area contributed by atoms with Crippen molar-refractivity contribution in [1.29, 1.82) is 0 Å². The van der Waals surface area contributed by atoms with Gasteiger partial charge in [0.2, 0.25) is 0 Å². The van der Waals surface area contributed by atoms with Crippen LogP contribution in [0.25, 0.3) is 17.2 Å². The van der Waals surface area contributed by atoms with Crippen molar-refractivity contribution < 1.29 is 9.59 Å². The number of pyridine rings is 1. The van der Waals surface area contributed by atoms with E-state index < -0.39 is 0 Å². The number of nitrogens with one attached hydrogen (secondary N) is 2. The first-order chi connectivity index (χ1) is 17.5. The second-order valence-corrected chi connectivity index (χ2v) is 8.45. The molecule has 0 aliphatic carbocycles. The highest BCUT2D eigenvalue weighted by Crippen LogP contribution is 2.20. The van der Waals surface area contributed by atoms with E-state index in [4.69, 9.17) is 0 Å². The minimum absolute atomic E-state index is 0.217. The maximum Gasteiger partial charge on any atom is 0.269 e. The summed E-state index contributed by atoms with van der Waals surface area (Å²) in [5.41, 5.74) is 5.08. The van der Waals surface area contributed by atoms with Gasteiger partial charge in [0.25, 0.3) is 11.8 Å². The van der Waals surface area contributed by atoms with E-state index in [-0.39, 0.29) is 23.6 Å². The Morgan fingerprint density at radius 1 is 1.00 bits per heavy atom. The van der Waals surface area contributed by atoms with Gasteiger partial charge in [0, 0.05) is 36.1 Å². The van der Waals surface area contributed by atoms with E-state index in [2.05, 4.69) is 57.1 Å². The predicted octanol–water partition coefficient (Wildman–Crippen LogP) is 4.57. The van der Waals surface area contributed by atoms with E-state index in [1.54, 1.807) is 12.3 Å². The molecule has 4 aromatic rings. The molecule has 0 spiro atoms. The molecule has 7 heteroatoms. The molecule has 4 rings (SSSR count). The molecule has 2 N–H and O–H groups in total. The first-order valence-electron chi connectivity index (χ1n) is 11.9. The summed E-state index contributed by atoms with van der Waals surface area (Å²) in [6.07, 6.45) is 9.07. The van der Waals surface area contributed by atoms with E-state index in [9.17, 15) is 9.59 Å². The number of benzene rings is 2. The molecule has 0 aliphatic heterocycles. The minimum atomic E-state index is -0.302. The molecule has 2 aromatic carbocycles. The predicted molar refractivity (Wildman–Crippen MR) is 141 cm³/mol. The number of amides is 2. The van der Waals surface area contributed by atoms with Crippen molar-refractivity contribution in [2.24, 2.45) is 0 Å². The van der Waals surface area contributed by atoms with Crippen molar-refractivity contribution >= 4 is 17.9 Å². The molecule has 1 atom stereocenters. The molecule has 182 valence electrons. The number of carbonyl (C=O) groups is 2. The van der Waals surface area contributed by atoms with Gasteiger partial charge in [-0.2, -0.15) is 5.10 Å². The van der Waals surface area contributed by atoms with Crippen molar-refractivity contribution in [2.75, 3.05) is 6.54 Å². The summed E-state index contributed by atoms with van der Waals surface area (Å²) < 4.78 is 1.90. The van der Waals surface area contributed by atoms with Crippen LogP contribution in [0.3, 0.4) is 0 Å². The average molecular weight is 480 g/mol. The highest BCUT2D eigenvalue weighted by Gasteiger charge is 2.12. The lowest BCUT2D eigenvalue weighted by molar-refractivity contribution is 0.0947. The largest absolute Gasteiger partial charge is 0.351 e. The van der Waals surface area contributed by atoms with Gasteiger partial charge in [-0.05, 0) is 48.7 Å². The van der Waals surface area contributed by atoms with Gasteiger partial charge >= 0.3 is 0 Å². The Labute approximate surface area is 210 Å². The van der Waals surface area contributed by atoms with Crippen molar-refractivity contribution in [3.63, 3.8) is 0 Å². The van der Waals surface area contributed by atoms with Gasteiger partial charge in [0.15, 0.2) is 0 Å². The van der Waals surface area contributed by atoms with Crippen molar-refractivity contribution in [3.05, 3.63) is 114 Å². The zero-order valence-corrected chi connectivity index (χ0v) is 20.4. The maximum absolute atomic E-state index is 12.6. The molecule has 0 fully saturated rings. The number of rotatable bonds is 9. The van der Waals surface area contributed by atoms with Crippen LogP contribution in [0, 0.1) is 0 Å². The standard InChI is InChI=1S/C29H29N5O2/c1-3-30-29(36)27-17-26(14-15-31-27)28(35)33-21(2)12-13-23-18-32-34(20-23)19-22-8-7-11-25(16-22)24-9-5-4-6-10-24/h4-18,20-21H,3,19H2,1-2H3,(H,30,36)(H,33,35)/b13-12+/t21-/m0/s1. The quantitative estimate of drug-likeness (QED) is 0.368. The van der Waals surface area contributed by atoms with Gasteiger partial charge in [-0.15, -0.1) is 0 Å². The summed E-state index contributed by atoms with van der Waals surface area (Å²) in [4.78, 5) is 28.6. The molecule has 0 bridgehead atoms. The van der Waals surface area contributed by atoms with Gasteiger partial charge < -0.3 is 10.6 Å². The number of nitrogens with zero attached hydrogens (tertiary/aromatic N) is 3. The summed E-state index contributed by atoms with van der Waals surface area (Å²) in [6, 6.07) is 21.6. The fraction of sp³-hybridized carbons (Fsp3) is 0.172. The molecule has 0 aliphatic rings. The zero-order chi connectivity index (χ0) is 25.3. The molecule has 0 unspecified atom stereocenters. The van der Waals surface area contributed by atoms with Gasteiger partial charge in [0.05, 0.1) is 12.7 Å². The Morgan fingerprint density at radius 2 is 1.81 bits per heavy atom. The van der Waals surface area contributed by atoms with Gasteiger partial charge in [-0.3, -0.25) is 19.3 Å². The first-order valence-corrected chi connectivity index (χ1v) is 11.9. The fourth-order valence-corrected chi connectivity index (χ4v) is 3.76. The lowest BCUT2D eigenvalue weighted by atomic mass is 10.0. The summed E-state index contributed by atoms with van der Waals surface area (Å²) in [5, 5.41) is 10.1. The third-order valence-corrected chi connectivity index (χ3v) is 5.56. The molecular weight excluding hydrogens is 450 g/mol. The Balaban J connectivity index is 1.35. The molecule has 7 nitrogen and oxygen atoms in total. The molecule has 0 saturated carbocycles. The van der Waals surface area contributed by atoms with Crippen LogP contribution < -0.4 is 10.6 Å². The maximum atomic E-state index is 12.6. The highest BCUT2D eigenvalue weighted by molar-refractivity contribution is 5.98. The Bertz CT molecular complexity index is 1360. The van der Waals surface area contributed by atoms with Crippen LogP contribution in [-0.4, -0.2) is 39.2 Å². The van der Waals surface area contributed by atoms with Crippen LogP contribution in [0.5, 0.6) is 0 Å². The lowest BCUT2D eigenvalue weighted by Crippen LogP contribution is -2.31. The summed E-state index contributed by atoms with van der Waals surface area (Å²) in [7, 11) is 0. The summed E-state index contributed by atoms with van der Waals surface area (Å²) in [6.45, 7) is 4.88. The monoisotopic (exact) mass is 479 g/mol. The van der Waals surface area contributed by atoms with E-state index in [1.807, 2.05) is 55.1 Å². The third-order valence-electron chi connectivity index (χ3n) is 5.56. The third kappa shape index (κ3) is 6.54. The van der Waals surface area contributed by atoms with E-state index in [0.717, 1.165) is 5.56 Å². The Kier molecular flexibility index (Phi) is 8.03. The molecular formula is C29H29N5O2. The van der Waals surface area contributed by atoms with Crippen LogP contribution in [0.2, 0.25) is 0 Å². The van der Waals surface area contributed by atoms with Gasteiger partial charge in [-0.25, -0.2) is 0 Å². The molecule has 2 amide bonds. The molecule has 2 heterocycles. The second kappa shape index (κ2) is 11.8. The zero-order valence-electron chi connectivity index (χ0n) is 20.4. The SMILES string of the molecule is CCNC(=O)c1cc(C(=O)N[C@@H](C)/C=C/c2cnn(Cc3cccc(-c4ccccc4)c3)c2)ccn1. The van der Waals surface area contributed by atoms with Crippen molar-refractivity contribution in [2.45, 2.75) is 26.4 Å². The number of aromatic nitrogens is 3. The van der Waals surface area contributed by atoms with E-state index in [1.165, 1.54) is 29.0 Å². The fourth-order valence-electron chi connectivity index (χ4n) is 3.76. The van der Waals surface area contributed by atoms with Gasteiger partial charge in [0.1, 0.15) is 5.69 Å². The van der Waals surface area contributed by atoms with E-state index >= 15 is 0 Å². The van der Waals surface area contributed by atoms with Crippen LogP contribution in [0.15, 0.2) is 91.4 Å². The molecule has 2 aromatic heterocycles. The number of hydrogen-bond acceptors (Lipinski definition) is 4. The van der Waals surface area contributed by atoms with Gasteiger partial charge in [-0.1, -0.05) is 60.7 Å². The molecule has 36 heavy (non-hydrogen) atoms. The summed E-state index contributed by atoms with van der Waals surface area (Å²) >= 11 is 0. The first kappa shape index (κ1) is 24.6. The van der Waals surface area contributed by atoms with Crippen LogP contribution in [0.1, 0.15) is 45.8 Å². The van der Waals surface area contributed by atoms with Crippen molar-refractivity contribution in [1.82, 2.24) is 25.4 Å². The average Bonchev–Trinajstić information content (AvgIpc) is 3.35. The number of hydrogen-bond donors (Lipinski definition) is 2. The Hall–Kier alpha value is -4.52. The smallest absolute Gasteiger partial charge is 0.269 e. The van der Waals surface area contributed by atoms with Crippen LogP contribution in [-0.2, 0) is 6.54 Å². The lowest BCUT2D eigenvalue weighted by Gasteiger charge is -2.10.